The van der Waals surface area contributed by atoms with Crippen molar-refractivity contribution in [3.05, 3.63) is 0 Å². The minimum atomic E-state index is -0.0135. The lowest BCUT2D eigenvalue weighted by Gasteiger charge is -2.33. The lowest BCUT2D eigenvalue weighted by atomic mass is 9.77. The van der Waals surface area contributed by atoms with Crippen molar-refractivity contribution in [3.8, 4) is 0 Å². The molecule has 0 aliphatic carbocycles. The molecule has 0 aromatic carbocycles. The van der Waals surface area contributed by atoms with Gasteiger partial charge < -0.3 is 5.73 Å². The molecular formula is C15H33N. The number of hydrogen-bond acceptors (Lipinski definition) is 1. The summed E-state index contributed by atoms with van der Waals surface area (Å²) in [4.78, 5) is 0. The first-order valence-electron chi connectivity index (χ1n) is 7.06. The van der Waals surface area contributed by atoms with Crippen LogP contribution in [-0.2, 0) is 0 Å². The highest BCUT2D eigenvalue weighted by Gasteiger charge is 2.26. The van der Waals surface area contributed by atoms with Gasteiger partial charge in [-0.15, -0.1) is 0 Å². The van der Waals surface area contributed by atoms with E-state index in [2.05, 4.69) is 41.5 Å². The molecule has 0 saturated carbocycles. The average Bonchev–Trinajstić information content (AvgIpc) is 2.08. The Morgan fingerprint density at radius 2 is 1.62 bits per heavy atom. The molecule has 2 atom stereocenters. The highest BCUT2D eigenvalue weighted by atomic mass is 14.7. The lowest BCUT2D eigenvalue weighted by molar-refractivity contribution is 0.230. The van der Waals surface area contributed by atoms with Crippen molar-refractivity contribution >= 4 is 0 Å². The zero-order valence-corrected chi connectivity index (χ0v) is 12.3. The third kappa shape index (κ3) is 7.27. The van der Waals surface area contributed by atoms with Crippen LogP contribution in [0.4, 0.5) is 0 Å². The van der Waals surface area contributed by atoms with Crippen molar-refractivity contribution in [2.75, 3.05) is 0 Å². The van der Waals surface area contributed by atoms with E-state index in [9.17, 15) is 0 Å². The summed E-state index contributed by atoms with van der Waals surface area (Å²) in [5.74, 6) is 2.30. The maximum absolute atomic E-state index is 6.30. The molecule has 0 amide bonds. The van der Waals surface area contributed by atoms with E-state index < -0.39 is 0 Å². The fourth-order valence-electron chi connectivity index (χ4n) is 2.63. The molecule has 0 bridgehead atoms. The van der Waals surface area contributed by atoms with Gasteiger partial charge in [0.1, 0.15) is 0 Å². The summed E-state index contributed by atoms with van der Waals surface area (Å²) in [6.07, 6.45) is 6.52. The van der Waals surface area contributed by atoms with E-state index in [1.165, 1.54) is 32.1 Å². The van der Waals surface area contributed by atoms with Crippen LogP contribution in [0.1, 0.15) is 73.6 Å². The van der Waals surface area contributed by atoms with Crippen molar-refractivity contribution < 1.29 is 0 Å². The Balaban J connectivity index is 4.20. The standard InChI is InChI=1S/C15H33N/c1-7-8-9-14(15(5,6)16)11-13(4)10-12(2)3/h12-14H,7-11,16H2,1-6H3. The first-order chi connectivity index (χ1) is 7.27. The second-order valence-corrected chi connectivity index (χ2v) is 6.63. The summed E-state index contributed by atoms with van der Waals surface area (Å²) in [6.45, 7) is 13.6. The van der Waals surface area contributed by atoms with Crippen molar-refractivity contribution in [2.45, 2.75) is 79.2 Å². The molecule has 0 radical (unpaired) electrons. The number of hydrogen-bond donors (Lipinski definition) is 1. The summed E-state index contributed by atoms with van der Waals surface area (Å²) in [7, 11) is 0. The predicted octanol–water partition coefficient (Wildman–Crippen LogP) is 4.60. The summed E-state index contributed by atoms with van der Waals surface area (Å²) in [5, 5.41) is 0. The summed E-state index contributed by atoms with van der Waals surface area (Å²) >= 11 is 0. The first-order valence-corrected chi connectivity index (χ1v) is 7.06. The Kier molecular flexibility index (Phi) is 7.30. The van der Waals surface area contributed by atoms with E-state index in [4.69, 9.17) is 5.73 Å². The summed E-state index contributed by atoms with van der Waals surface area (Å²) < 4.78 is 0. The second-order valence-electron chi connectivity index (χ2n) is 6.63. The first kappa shape index (κ1) is 16.0. The predicted molar refractivity (Wildman–Crippen MR) is 74.5 cm³/mol. The molecular weight excluding hydrogens is 194 g/mol. The van der Waals surface area contributed by atoms with E-state index in [1.807, 2.05) is 0 Å². The SMILES string of the molecule is CCCCC(CC(C)CC(C)C)C(C)(C)N. The zero-order chi connectivity index (χ0) is 12.8. The molecule has 16 heavy (non-hydrogen) atoms. The highest BCUT2D eigenvalue weighted by Crippen LogP contribution is 2.29. The van der Waals surface area contributed by atoms with Gasteiger partial charge in [-0.25, -0.2) is 0 Å². The molecule has 1 nitrogen and oxygen atoms in total. The fourth-order valence-corrected chi connectivity index (χ4v) is 2.63. The van der Waals surface area contributed by atoms with Gasteiger partial charge in [0.05, 0.1) is 0 Å². The van der Waals surface area contributed by atoms with E-state index in [-0.39, 0.29) is 5.54 Å². The molecule has 98 valence electrons. The number of rotatable bonds is 8. The van der Waals surface area contributed by atoms with Crippen molar-refractivity contribution in [2.24, 2.45) is 23.5 Å². The Morgan fingerprint density at radius 1 is 1.06 bits per heavy atom. The van der Waals surface area contributed by atoms with Gasteiger partial charge >= 0.3 is 0 Å². The van der Waals surface area contributed by atoms with Crippen LogP contribution < -0.4 is 5.73 Å². The van der Waals surface area contributed by atoms with Gasteiger partial charge in [0.15, 0.2) is 0 Å². The topological polar surface area (TPSA) is 26.0 Å². The van der Waals surface area contributed by atoms with Crippen LogP contribution in [0.5, 0.6) is 0 Å². The van der Waals surface area contributed by atoms with Crippen LogP contribution in [0, 0.1) is 17.8 Å². The molecule has 0 fully saturated rings. The van der Waals surface area contributed by atoms with Crippen LogP contribution in [0.2, 0.25) is 0 Å². The number of unbranched alkanes of at least 4 members (excludes halogenated alkanes) is 1. The molecule has 2 unspecified atom stereocenters. The molecule has 0 saturated heterocycles. The van der Waals surface area contributed by atoms with Crippen molar-refractivity contribution in [1.29, 1.82) is 0 Å². The van der Waals surface area contributed by atoms with Gasteiger partial charge in [-0.2, -0.15) is 0 Å². The summed E-state index contributed by atoms with van der Waals surface area (Å²) in [5.41, 5.74) is 6.29. The molecule has 2 N–H and O–H groups in total. The van der Waals surface area contributed by atoms with Crippen LogP contribution >= 0.6 is 0 Å². The van der Waals surface area contributed by atoms with Gasteiger partial charge in [-0.3, -0.25) is 0 Å². The molecule has 0 aromatic rings. The molecule has 1 heteroatoms. The van der Waals surface area contributed by atoms with E-state index in [0.717, 1.165) is 11.8 Å². The number of nitrogens with two attached hydrogens (primary N) is 1. The second kappa shape index (κ2) is 7.32. The third-order valence-corrected chi connectivity index (χ3v) is 3.52. The largest absolute Gasteiger partial charge is 0.325 e. The Morgan fingerprint density at radius 3 is 2.00 bits per heavy atom. The van der Waals surface area contributed by atoms with Crippen LogP contribution in [0.15, 0.2) is 0 Å². The third-order valence-electron chi connectivity index (χ3n) is 3.52. The molecule has 0 aromatic heterocycles. The van der Waals surface area contributed by atoms with E-state index in [1.54, 1.807) is 0 Å². The van der Waals surface area contributed by atoms with Crippen LogP contribution in [0.25, 0.3) is 0 Å². The van der Waals surface area contributed by atoms with Crippen molar-refractivity contribution in [1.82, 2.24) is 0 Å². The van der Waals surface area contributed by atoms with Crippen molar-refractivity contribution in [3.63, 3.8) is 0 Å². The monoisotopic (exact) mass is 227 g/mol. The van der Waals surface area contributed by atoms with Gasteiger partial charge in [0.25, 0.3) is 0 Å². The smallest absolute Gasteiger partial charge is 0.0125 e. The highest BCUT2D eigenvalue weighted by molar-refractivity contribution is 4.83. The normalized spacial score (nSPS) is 16.5. The molecule has 0 heterocycles. The van der Waals surface area contributed by atoms with Gasteiger partial charge in [-0.05, 0) is 50.9 Å². The van der Waals surface area contributed by atoms with E-state index >= 15 is 0 Å². The van der Waals surface area contributed by atoms with Gasteiger partial charge in [0.2, 0.25) is 0 Å². The van der Waals surface area contributed by atoms with E-state index in [0.29, 0.717) is 5.92 Å². The molecule has 0 rings (SSSR count). The van der Waals surface area contributed by atoms with Gasteiger partial charge in [0, 0.05) is 5.54 Å². The summed E-state index contributed by atoms with van der Waals surface area (Å²) in [6, 6.07) is 0. The van der Waals surface area contributed by atoms with Crippen LogP contribution in [0.3, 0.4) is 0 Å². The Hall–Kier alpha value is -0.0400. The maximum Gasteiger partial charge on any atom is 0.0125 e. The van der Waals surface area contributed by atoms with Crippen LogP contribution in [-0.4, -0.2) is 5.54 Å². The maximum atomic E-state index is 6.30. The lowest BCUT2D eigenvalue weighted by Crippen LogP contribution is -2.41. The quantitative estimate of drug-likeness (QED) is 0.644. The average molecular weight is 227 g/mol. The van der Waals surface area contributed by atoms with Gasteiger partial charge in [-0.1, -0.05) is 40.5 Å². The molecule has 0 aliphatic rings. The Labute approximate surface area is 103 Å². The molecule has 0 aliphatic heterocycles. The molecule has 0 spiro atoms. The minimum absolute atomic E-state index is 0.0135. The zero-order valence-electron chi connectivity index (χ0n) is 12.3. The Bertz CT molecular complexity index is 167. The minimum Gasteiger partial charge on any atom is -0.325 e. The fraction of sp³-hybridized carbons (Fsp3) is 1.00.